The molecule has 2 aromatic rings. The SMILES string of the molecule is Cc1cccc(CN(C)c2ccc(CNC(C)C)nn2)n1. The molecule has 0 aliphatic rings. The molecule has 0 amide bonds. The fourth-order valence-electron chi connectivity index (χ4n) is 1.97. The molecule has 0 aromatic carbocycles. The van der Waals surface area contributed by atoms with E-state index in [2.05, 4.69) is 39.2 Å². The lowest BCUT2D eigenvalue weighted by Gasteiger charge is -2.17. The van der Waals surface area contributed by atoms with Crippen molar-refractivity contribution in [3.05, 3.63) is 47.4 Å². The van der Waals surface area contributed by atoms with Crippen LogP contribution >= 0.6 is 0 Å². The van der Waals surface area contributed by atoms with Gasteiger partial charge in [-0.2, -0.15) is 5.10 Å². The molecule has 0 bridgehead atoms. The van der Waals surface area contributed by atoms with E-state index in [1.807, 2.05) is 44.3 Å². The molecule has 0 radical (unpaired) electrons. The van der Waals surface area contributed by atoms with E-state index in [-0.39, 0.29) is 0 Å². The highest BCUT2D eigenvalue weighted by Gasteiger charge is 2.06. The summed E-state index contributed by atoms with van der Waals surface area (Å²) in [6.07, 6.45) is 0. The Bertz CT molecular complexity index is 565. The van der Waals surface area contributed by atoms with Gasteiger partial charge in [0.15, 0.2) is 5.82 Å². The quantitative estimate of drug-likeness (QED) is 0.882. The molecule has 0 spiro atoms. The van der Waals surface area contributed by atoms with Crippen LogP contribution in [0, 0.1) is 6.92 Å². The van der Waals surface area contributed by atoms with Crippen molar-refractivity contribution in [1.29, 1.82) is 0 Å². The minimum atomic E-state index is 0.446. The molecule has 2 rings (SSSR count). The van der Waals surface area contributed by atoms with E-state index in [1.54, 1.807) is 0 Å². The van der Waals surface area contributed by atoms with Gasteiger partial charge >= 0.3 is 0 Å². The zero-order valence-corrected chi connectivity index (χ0v) is 13.2. The minimum absolute atomic E-state index is 0.446. The maximum atomic E-state index is 4.51. The van der Waals surface area contributed by atoms with Crippen LogP contribution in [0.25, 0.3) is 0 Å². The predicted octanol–water partition coefficient (Wildman–Crippen LogP) is 2.31. The van der Waals surface area contributed by atoms with Crippen molar-refractivity contribution in [2.75, 3.05) is 11.9 Å². The molecule has 5 nitrogen and oxygen atoms in total. The summed E-state index contributed by atoms with van der Waals surface area (Å²) in [6.45, 7) is 7.70. The van der Waals surface area contributed by atoms with Crippen LogP contribution in [0.2, 0.25) is 0 Å². The summed E-state index contributed by atoms with van der Waals surface area (Å²) in [4.78, 5) is 6.56. The number of hydrogen-bond acceptors (Lipinski definition) is 5. The number of aromatic nitrogens is 3. The van der Waals surface area contributed by atoms with Gasteiger partial charge in [-0.05, 0) is 31.2 Å². The topological polar surface area (TPSA) is 53.9 Å². The second-order valence-electron chi connectivity index (χ2n) is 5.54. The molecule has 2 aromatic heterocycles. The predicted molar refractivity (Wildman–Crippen MR) is 85.1 cm³/mol. The molecule has 0 aliphatic heterocycles. The summed E-state index contributed by atoms with van der Waals surface area (Å²) in [6, 6.07) is 10.5. The number of nitrogens with zero attached hydrogens (tertiary/aromatic N) is 4. The van der Waals surface area contributed by atoms with E-state index in [0.29, 0.717) is 6.04 Å². The van der Waals surface area contributed by atoms with Crippen LogP contribution in [-0.4, -0.2) is 28.3 Å². The first kappa shape index (κ1) is 15.4. The number of nitrogens with one attached hydrogen (secondary N) is 1. The molecule has 112 valence electrons. The summed E-state index contributed by atoms with van der Waals surface area (Å²) in [5, 5.41) is 11.9. The number of aryl methyl sites for hydroxylation is 1. The normalized spacial score (nSPS) is 10.9. The molecule has 1 N–H and O–H groups in total. The lowest BCUT2D eigenvalue weighted by molar-refractivity contribution is 0.577. The fourth-order valence-corrected chi connectivity index (χ4v) is 1.97. The first-order valence-corrected chi connectivity index (χ1v) is 7.24. The van der Waals surface area contributed by atoms with Gasteiger partial charge < -0.3 is 10.2 Å². The lowest BCUT2D eigenvalue weighted by atomic mass is 10.3. The Kier molecular flexibility index (Phi) is 5.22. The van der Waals surface area contributed by atoms with Crippen LogP contribution in [0.5, 0.6) is 0 Å². The average molecular weight is 285 g/mol. The molecule has 0 aliphatic carbocycles. The molecule has 0 atom stereocenters. The van der Waals surface area contributed by atoms with Gasteiger partial charge in [-0.25, -0.2) is 0 Å². The largest absolute Gasteiger partial charge is 0.352 e. The smallest absolute Gasteiger partial charge is 0.151 e. The first-order chi connectivity index (χ1) is 10.0. The molecule has 0 saturated carbocycles. The molecule has 21 heavy (non-hydrogen) atoms. The van der Waals surface area contributed by atoms with E-state index >= 15 is 0 Å². The number of rotatable bonds is 6. The van der Waals surface area contributed by atoms with E-state index < -0.39 is 0 Å². The maximum Gasteiger partial charge on any atom is 0.151 e. The first-order valence-electron chi connectivity index (χ1n) is 7.24. The second-order valence-corrected chi connectivity index (χ2v) is 5.54. The average Bonchev–Trinajstić information content (AvgIpc) is 2.45. The Balaban J connectivity index is 1.97. The zero-order valence-electron chi connectivity index (χ0n) is 13.2. The summed E-state index contributed by atoms with van der Waals surface area (Å²) >= 11 is 0. The van der Waals surface area contributed by atoms with Crippen LogP contribution in [0.3, 0.4) is 0 Å². The molecule has 5 heteroatoms. The Morgan fingerprint density at radius 1 is 1.10 bits per heavy atom. The van der Waals surface area contributed by atoms with Crippen molar-refractivity contribution in [3.8, 4) is 0 Å². The van der Waals surface area contributed by atoms with Crippen LogP contribution in [0.4, 0.5) is 5.82 Å². The molecule has 0 unspecified atom stereocenters. The van der Waals surface area contributed by atoms with Crippen molar-refractivity contribution in [2.45, 2.75) is 39.9 Å². The molecular formula is C16H23N5. The highest BCUT2D eigenvalue weighted by atomic mass is 15.2. The van der Waals surface area contributed by atoms with Crippen LogP contribution in [-0.2, 0) is 13.1 Å². The Morgan fingerprint density at radius 2 is 1.90 bits per heavy atom. The summed E-state index contributed by atoms with van der Waals surface area (Å²) in [5.41, 5.74) is 3.02. The third-order valence-corrected chi connectivity index (χ3v) is 3.13. The molecule has 2 heterocycles. The molecule has 0 saturated heterocycles. The lowest BCUT2D eigenvalue weighted by Crippen LogP contribution is -2.23. The van der Waals surface area contributed by atoms with Crippen molar-refractivity contribution in [1.82, 2.24) is 20.5 Å². The monoisotopic (exact) mass is 285 g/mol. The number of anilines is 1. The standard InChI is InChI=1S/C16H23N5/c1-12(2)17-10-14-8-9-16(20-19-14)21(4)11-15-7-5-6-13(3)18-15/h5-9,12,17H,10-11H2,1-4H3. The van der Waals surface area contributed by atoms with Crippen molar-refractivity contribution in [3.63, 3.8) is 0 Å². The number of pyridine rings is 1. The zero-order chi connectivity index (χ0) is 15.2. The van der Waals surface area contributed by atoms with Crippen LogP contribution in [0.15, 0.2) is 30.3 Å². The summed E-state index contributed by atoms with van der Waals surface area (Å²) in [7, 11) is 2.00. The van der Waals surface area contributed by atoms with E-state index in [1.165, 1.54) is 0 Å². The van der Waals surface area contributed by atoms with Crippen molar-refractivity contribution < 1.29 is 0 Å². The Morgan fingerprint density at radius 3 is 2.52 bits per heavy atom. The summed E-state index contributed by atoms with van der Waals surface area (Å²) in [5.74, 6) is 0.853. The fraction of sp³-hybridized carbons (Fsp3) is 0.438. The van der Waals surface area contributed by atoms with Gasteiger partial charge in [-0.15, -0.1) is 5.10 Å². The maximum absolute atomic E-state index is 4.51. The molecule has 0 fully saturated rings. The molecular weight excluding hydrogens is 262 g/mol. The van der Waals surface area contributed by atoms with Gasteiger partial charge in [0, 0.05) is 25.3 Å². The van der Waals surface area contributed by atoms with Gasteiger partial charge in [0.05, 0.1) is 17.9 Å². The minimum Gasteiger partial charge on any atom is -0.352 e. The number of hydrogen-bond donors (Lipinski definition) is 1. The Labute approximate surface area is 126 Å². The Hall–Kier alpha value is -2.01. The third-order valence-electron chi connectivity index (χ3n) is 3.13. The second kappa shape index (κ2) is 7.13. The van der Waals surface area contributed by atoms with Crippen molar-refractivity contribution >= 4 is 5.82 Å². The van der Waals surface area contributed by atoms with E-state index in [4.69, 9.17) is 0 Å². The van der Waals surface area contributed by atoms with E-state index in [0.717, 1.165) is 36.0 Å². The van der Waals surface area contributed by atoms with Gasteiger partial charge in [0.25, 0.3) is 0 Å². The van der Waals surface area contributed by atoms with Gasteiger partial charge in [0.1, 0.15) is 0 Å². The van der Waals surface area contributed by atoms with Crippen molar-refractivity contribution in [2.24, 2.45) is 0 Å². The highest BCUT2D eigenvalue weighted by Crippen LogP contribution is 2.11. The van der Waals surface area contributed by atoms with Gasteiger partial charge in [0.2, 0.25) is 0 Å². The van der Waals surface area contributed by atoms with Gasteiger partial charge in [-0.1, -0.05) is 19.9 Å². The highest BCUT2D eigenvalue weighted by molar-refractivity contribution is 5.36. The third kappa shape index (κ3) is 4.79. The van der Waals surface area contributed by atoms with Crippen LogP contribution < -0.4 is 10.2 Å². The van der Waals surface area contributed by atoms with Crippen LogP contribution in [0.1, 0.15) is 30.9 Å². The summed E-state index contributed by atoms with van der Waals surface area (Å²) < 4.78 is 0. The van der Waals surface area contributed by atoms with Gasteiger partial charge in [-0.3, -0.25) is 4.98 Å². The van der Waals surface area contributed by atoms with E-state index in [9.17, 15) is 0 Å².